The molecule has 0 saturated heterocycles. The zero-order valence-corrected chi connectivity index (χ0v) is 11.2. The van der Waals surface area contributed by atoms with Crippen LogP contribution in [0.2, 0.25) is 0 Å². The largest absolute Gasteiger partial charge is 0.382 e. The van der Waals surface area contributed by atoms with Crippen LogP contribution in [0.5, 0.6) is 0 Å². The highest BCUT2D eigenvalue weighted by atomic mass is 32.1. The molecule has 3 rings (SSSR count). The molecule has 2 N–H and O–H groups in total. The van der Waals surface area contributed by atoms with E-state index in [2.05, 4.69) is 21.3 Å². The first-order chi connectivity index (χ1) is 8.75. The molecule has 0 spiro atoms. The number of nitrogen functional groups attached to an aromatic ring is 1. The van der Waals surface area contributed by atoms with Crippen molar-refractivity contribution in [1.82, 2.24) is 9.36 Å². The van der Waals surface area contributed by atoms with Crippen molar-refractivity contribution < 1.29 is 0 Å². The molecule has 0 aromatic carbocycles. The number of pyridine rings is 1. The van der Waals surface area contributed by atoms with Crippen molar-refractivity contribution in [2.24, 2.45) is 5.92 Å². The third-order valence-corrected chi connectivity index (χ3v) is 4.20. The third kappa shape index (κ3) is 2.18. The maximum absolute atomic E-state index is 6.00. The van der Waals surface area contributed by atoms with Gasteiger partial charge in [-0.25, -0.2) is 0 Å². The fraction of sp³-hybridized carbons (Fsp3) is 0.385. The van der Waals surface area contributed by atoms with E-state index >= 15 is 0 Å². The van der Waals surface area contributed by atoms with Gasteiger partial charge in [0.25, 0.3) is 0 Å². The summed E-state index contributed by atoms with van der Waals surface area (Å²) in [4.78, 5) is 6.43. The molecule has 0 bridgehead atoms. The van der Waals surface area contributed by atoms with Gasteiger partial charge >= 0.3 is 0 Å². The summed E-state index contributed by atoms with van der Waals surface area (Å²) < 4.78 is 4.29. The van der Waals surface area contributed by atoms with E-state index < -0.39 is 0 Å². The smallest absolute Gasteiger partial charge is 0.147 e. The summed E-state index contributed by atoms with van der Waals surface area (Å²) in [7, 11) is 2.12. The Morgan fingerprint density at radius 3 is 3.00 bits per heavy atom. The van der Waals surface area contributed by atoms with E-state index in [-0.39, 0.29) is 0 Å². The minimum absolute atomic E-state index is 0.602. The highest BCUT2D eigenvalue weighted by molar-refractivity contribution is 7.11. The van der Waals surface area contributed by atoms with E-state index in [1.54, 1.807) is 6.20 Å². The van der Waals surface area contributed by atoms with Gasteiger partial charge in [-0.15, -0.1) is 0 Å². The van der Waals surface area contributed by atoms with Crippen molar-refractivity contribution >= 4 is 22.4 Å². The topological polar surface area (TPSA) is 55.0 Å². The van der Waals surface area contributed by atoms with E-state index in [9.17, 15) is 0 Å². The molecule has 0 atom stereocenters. The van der Waals surface area contributed by atoms with Crippen LogP contribution in [0.4, 0.5) is 10.8 Å². The van der Waals surface area contributed by atoms with Crippen LogP contribution in [0, 0.1) is 5.92 Å². The van der Waals surface area contributed by atoms with Gasteiger partial charge in [-0.2, -0.15) is 4.37 Å². The average molecular weight is 260 g/mol. The standard InChI is InChI=1S/C13H16N4S/c1-17(8-9-4-5-9)13-11(12(14)16-18-13)10-3-2-6-15-7-10/h2-3,6-7,9H,4-5,8H2,1H3,(H2,14,16). The molecular weight excluding hydrogens is 244 g/mol. The Bertz CT molecular complexity index is 533. The van der Waals surface area contributed by atoms with Crippen LogP contribution < -0.4 is 10.6 Å². The van der Waals surface area contributed by atoms with E-state index in [1.807, 2.05) is 18.3 Å². The molecular formula is C13H16N4S. The summed E-state index contributed by atoms with van der Waals surface area (Å²) in [6.07, 6.45) is 6.31. The Morgan fingerprint density at radius 1 is 1.50 bits per heavy atom. The molecule has 2 aromatic heterocycles. The van der Waals surface area contributed by atoms with Crippen molar-refractivity contribution in [3.05, 3.63) is 24.5 Å². The number of nitrogens with two attached hydrogens (primary N) is 1. The van der Waals surface area contributed by atoms with Crippen LogP contribution in [0.3, 0.4) is 0 Å². The van der Waals surface area contributed by atoms with E-state index in [0.717, 1.165) is 28.6 Å². The number of hydrogen-bond acceptors (Lipinski definition) is 5. The molecule has 0 aliphatic heterocycles. The fourth-order valence-electron chi connectivity index (χ4n) is 2.11. The number of anilines is 2. The first-order valence-corrected chi connectivity index (χ1v) is 6.89. The first-order valence-electron chi connectivity index (χ1n) is 6.12. The van der Waals surface area contributed by atoms with Gasteiger partial charge in [0.15, 0.2) is 0 Å². The van der Waals surface area contributed by atoms with Gasteiger partial charge < -0.3 is 10.6 Å². The minimum atomic E-state index is 0.602. The Hall–Kier alpha value is -1.62. The predicted molar refractivity (Wildman–Crippen MR) is 75.8 cm³/mol. The van der Waals surface area contributed by atoms with Gasteiger partial charge in [0.05, 0.1) is 5.56 Å². The van der Waals surface area contributed by atoms with Crippen LogP contribution in [-0.4, -0.2) is 22.9 Å². The second-order valence-corrected chi connectivity index (χ2v) is 5.57. The van der Waals surface area contributed by atoms with Crippen molar-refractivity contribution in [3.8, 4) is 11.1 Å². The summed E-state index contributed by atoms with van der Waals surface area (Å²) in [5.41, 5.74) is 8.07. The summed E-state index contributed by atoms with van der Waals surface area (Å²) >= 11 is 1.47. The SMILES string of the molecule is CN(CC1CC1)c1snc(N)c1-c1cccnc1. The molecule has 1 aliphatic carbocycles. The Balaban J connectivity index is 1.95. The average Bonchev–Trinajstić information content (AvgIpc) is 3.11. The van der Waals surface area contributed by atoms with E-state index in [4.69, 9.17) is 5.73 Å². The van der Waals surface area contributed by atoms with Crippen LogP contribution in [0.15, 0.2) is 24.5 Å². The Morgan fingerprint density at radius 2 is 2.33 bits per heavy atom. The lowest BCUT2D eigenvalue weighted by Crippen LogP contribution is -2.19. The molecule has 94 valence electrons. The molecule has 18 heavy (non-hydrogen) atoms. The van der Waals surface area contributed by atoms with Gasteiger partial charge in [0, 0.05) is 31.5 Å². The zero-order chi connectivity index (χ0) is 12.5. The summed E-state index contributed by atoms with van der Waals surface area (Å²) in [5.74, 6) is 1.45. The molecule has 0 amide bonds. The zero-order valence-electron chi connectivity index (χ0n) is 10.3. The molecule has 0 radical (unpaired) electrons. The van der Waals surface area contributed by atoms with Gasteiger partial charge in [0.1, 0.15) is 10.8 Å². The van der Waals surface area contributed by atoms with Gasteiger partial charge in [-0.3, -0.25) is 4.98 Å². The quantitative estimate of drug-likeness (QED) is 0.918. The molecule has 1 saturated carbocycles. The minimum Gasteiger partial charge on any atom is -0.382 e. The Kier molecular flexibility index (Phi) is 2.91. The van der Waals surface area contributed by atoms with Gasteiger partial charge in [-0.1, -0.05) is 6.07 Å². The Labute approximate surface area is 111 Å². The van der Waals surface area contributed by atoms with Crippen molar-refractivity contribution in [2.45, 2.75) is 12.8 Å². The van der Waals surface area contributed by atoms with E-state index in [1.165, 1.54) is 24.4 Å². The van der Waals surface area contributed by atoms with Crippen LogP contribution in [0.1, 0.15) is 12.8 Å². The molecule has 4 nitrogen and oxygen atoms in total. The van der Waals surface area contributed by atoms with Crippen LogP contribution >= 0.6 is 11.5 Å². The van der Waals surface area contributed by atoms with Crippen molar-refractivity contribution in [2.75, 3.05) is 24.2 Å². The number of hydrogen-bond donors (Lipinski definition) is 1. The summed E-state index contributed by atoms with van der Waals surface area (Å²) in [6, 6.07) is 3.96. The summed E-state index contributed by atoms with van der Waals surface area (Å²) in [5, 5.41) is 1.15. The maximum atomic E-state index is 6.00. The highest BCUT2D eigenvalue weighted by Gasteiger charge is 2.25. The number of nitrogens with zero attached hydrogens (tertiary/aromatic N) is 3. The lowest BCUT2D eigenvalue weighted by molar-refractivity contribution is 0.793. The maximum Gasteiger partial charge on any atom is 0.147 e. The molecule has 0 unspecified atom stereocenters. The molecule has 1 aliphatic rings. The second-order valence-electron chi connectivity index (χ2n) is 4.81. The van der Waals surface area contributed by atoms with Crippen molar-refractivity contribution in [1.29, 1.82) is 0 Å². The van der Waals surface area contributed by atoms with Gasteiger partial charge in [-0.05, 0) is 36.4 Å². The summed E-state index contributed by atoms with van der Waals surface area (Å²) in [6.45, 7) is 1.09. The number of rotatable bonds is 4. The fourth-order valence-corrected chi connectivity index (χ4v) is 2.91. The lowest BCUT2D eigenvalue weighted by Gasteiger charge is -2.18. The first kappa shape index (κ1) is 11.5. The predicted octanol–water partition coefficient (Wildman–Crippen LogP) is 2.63. The molecule has 2 aromatic rings. The lowest BCUT2D eigenvalue weighted by atomic mass is 10.1. The van der Waals surface area contributed by atoms with Crippen LogP contribution in [-0.2, 0) is 0 Å². The van der Waals surface area contributed by atoms with Crippen LogP contribution in [0.25, 0.3) is 11.1 Å². The second kappa shape index (κ2) is 4.57. The molecule has 1 fully saturated rings. The molecule has 5 heteroatoms. The van der Waals surface area contributed by atoms with Gasteiger partial charge in [0.2, 0.25) is 0 Å². The third-order valence-electron chi connectivity index (χ3n) is 3.23. The van der Waals surface area contributed by atoms with Crippen molar-refractivity contribution in [3.63, 3.8) is 0 Å². The van der Waals surface area contributed by atoms with E-state index in [0.29, 0.717) is 5.82 Å². The monoisotopic (exact) mass is 260 g/mol. The normalized spacial score (nSPS) is 14.7. The highest BCUT2D eigenvalue weighted by Crippen LogP contribution is 2.40. The molecule has 2 heterocycles. The number of aromatic nitrogens is 2.